The summed E-state index contributed by atoms with van der Waals surface area (Å²) in [5.74, 6) is -0.764. The normalized spacial score (nSPS) is 21.4. The first-order chi connectivity index (χ1) is 13.1. The molecule has 1 aromatic heterocycles. The van der Waals surface area contributed by atoms with E-state index in [1.165, 1.54) is 17.8 Å². The number of amides is 1. The fourth-order valence-corrected chi connectivity index (χ4v) is 5.23. The largest absolute Gasteiger partial charge is 0.477 e. The molecular weight excluding hydrogens is 362 g/mol. The van der Waals surface area contributed by atoms with E-state index in [-0.39, 0.29) is 23.4 Å². The number of carboxylic acid groups (broad SMARTS) is 1. The molecule has 1 aliphatic heterocycles. The van der Waals surface area contributed by atoms with Crippen molar-refractivity contribution >= 4 is 28.9 Å². The molecule has 1 amide bonds. The second-order valence-electron chi connectivity index (χ2n) is 7.24. The lowest BCUT2D eigenvalue weighted by molar-refractivity contribution is -0.128. The number of thiophene rings is 1. The zero-order chi connectivity index (χ0) is 18.8. The standard InChI is InChI=1S/C21H23NO4S/c23-19-13-26-12-17(14-7-3-1-4-8-14)22(19)16-11-18(27-20(16)21(24)25)15-9-5-2-6-10-15/h2,5-6,9-11,14,17H,1,3-4,7-8,12-13H2,(H,24,25). The molecule has 2 fully saturated rings. The molecule has 1 saturated heterocycles. The highest BCUT2D eigenvalue weighted by molar-refractivity contribution is 7.18. The molecule has 2 aliphatic rings. The molecule has 1 aliphatic carbocycles. The Bertz CT molecular complexity index is 826. The van der Waals surface area contributed by atoms with Crippen LogP contribution >= 0.6 is 11.3 Å². The molecule has 0 bridgehead atoms. The van der Waals surface area contributed by atoms with Gasteiger partial charge in [-0.05, 0) is 30.4 Å². The summed E-state index contributed by atoms with van der Waals surface area (Å²) in [6.07, 6.45) is 5.68. The first-order valence-electron chi connectivity index (χ1n) is 9.47. The van der Waals surface area contributed by atoms with Crippen LogP contribution in [0.3, 0.4) is 0 Å². The lowest BCUT2D eigenvalue weighted by atomic mass is 9.83. The highest BCUT2D eigenvalue weighted by Crippen LogP contribution is 2.41. The third kappa shape index (κ3) is 3.64. The summed E-state index contributed by atoms with van der Waals surface area (Å²) in [6.45, 7) is 0.491. The average molecular weight is 385 g/mol. The minimum atomic E-state index is -0.987. The van der Waals surface area contributed by atoms with Gasteiger partial charge in [0.2, 0.25) is 0 Å². The van der Waals surface area contributed by atoms with Gasteiger partial charge in [0.15, 0.2) is 0 Å². The monoisotopic (exact) mass is 385 g/mol. The van der Waals surface area contributed by atoms with E-state index >= 15 is 0 Å². The van der Waals surface area contributed by atoms with Crippen LogP contribution in [0.2, 0.25) is 0 Å². The molecule has 2 heterocycles. The summed E-state index contributed by atoms with van der Waals surface area (Å²) in [7, 11) is 0. The quantitative estimate of drug-likeness (QED) is 0.846. The Hall–Kier alpha value is -2.18. The Morgan fingerprint density at radius 3 is 2.59 bits per heavy atom. The van der Waals surface area contributed by atoms with Crippen LogP contribution in [0.1, 0.15) is 41.8 Å². The molecule has 2 aromatic rings. The molecule has 1 saturated carbocycles. The third-order valence-electron chi connectivity index (χ3n) is 5.53. The molecule has 1 unspecified atom stereocenters. The Kier molecular flexibility index (Phi) is 5.27. The summed E-state index contributed by atoms with van der Waals surface area (Å²) in [6, 6.07) is 11.5. The fourth-order valence-electron chi connectivity index (χ4n) is 4.23. The number of carbonyl (C=O) groups is 2. The highest BCUT2D eigenvalue weighted by Gasteiger charge is 2.38. The number of hydrogen-bond donors (Lipinski definition) is 1. The number of rotatable bonds is 4. The van der Waals surface area contributed by atoms with Crippen LogP contribution in [-0.4, -0.2) is 36.2 Å². The Morgan fingerprint density at radius 2 is 1.89 bits per heavy atom. The summed E-state index contributed by atoms with van der Waals surface area (Å²) < 4.78 is 5.56. The van der Waals surface area contributed by atoms with E-state index in [0.717, 1.165) is 36.1 Å². The van der Waals surface area contributed by atoms with E-state index in [9.17, 15) is 14.7 Å². The lowest BCUT2D eigenvalue weighted by Gasteiger charge is -2.41. The molecule has 1 aromatic carbocycles. The van der Waals surface area contributed by atoms with Gasteiger partial charge in [0.05, 0.1) is 18.3 Å². The van der Waals surface area contributed by atoms with Crippen molar-refractivity contribution in [1.82, 2.24) is 0 Å². The van der Waals surface area contributed by atoms with Crippen LogP contribution in [0, 0.1) is 5.92 Å². The Morgan fingerprint density at radius 1 is 1.15 bits per heavy atom. The van der Waals surface area contributed by atoms with Crippen molar-refractivity contribution in [3.63, 3.8) is 0 Å². The maximum absolute atomic E-state index is 12.8. The third-order valence-corrected chi connectivity index (χ3v) is 6.69. The minimum absolute atomic E-state index is 0.0127. The van der Waals surface area contributed by atoms with Crippen molar-refractivity contribution in [3.8, 4) is 10.4 Å². The zero-order valence-corrected chi connectivity index (χ0v) is 15.9. The molecule has 5 nitrogen and oxygen atoms in total. The van der Waals surface area contributed by atoms with Gasteiger partial charge in [-0.2, -0.15) is 0 Å². The summed E-state index contributed by atoms with van der Waals surface area (Å²) in [5.41, 5.74) is 1.49. The van der Waals surface area contributed by atoms with Crippen LogP contribution < -0.4 is 4.90 Å². The molecule has 1 N–H and O–H groups in total. The molecule has 1 atom stereocenters. The second kappa shape index (κ2) is 7.82. The average Bonchev–Trinajstić information content (AvgIpc) is 3.14. The van der Waals surface area contributed by atoms with Gasteiger partial charge in [0.1, 0.15) is 11.5 Å². The molecule has 6 heteroatoms. The highest BCUT2D eigenvalue weighted by atomic mass is 32.1. The van der Waals surface area contributed by atoms with E-state index in [2.05, 4.69) is 0 Å². The molecular formula is C21H23NO4S. The maximum Gasteiger partial charge on any atom is 0.348 e. The van der Waals surface area contributed by atoms with Gasteiger partial charge >= 0.3 is 5.97 Å². The topological polar surface area (TPSA) is 66.8 Å². The maximum atomic E-state index is 12.8. The van der Waals surface area contributed by atoms with Gasteiger partial charge in [-0.1, -0.05) is 49.6 Å². The Balaban J connectivity index is 1.75. The van der Waals surface area contributed by atoms with Crippen molar-refractivity contribution in [2.45, 2.75) is 38.1 Å². The fraction of sp³-hybridized carbons (Fsp3) is 0.429. The van der Waals surface area contributed by atoms with E-state index in [4.69, 9.17) is 4.74 Å². The zero-order valence-electron chi connectivity index (χ0n) is 15.1. The Labute approximate surface area is 162 Å². The van der Waals surface area contributed by atoms with Crippen molar-refractivity contribution in [3.05, 3.63) is 41.3 Å². The molecule has 0 spiro atoms. The van der Waals surface area contributed by atoms with Crippen molar-refractivity contribution in [2.75, 3.05) is 18.1 Å². The van der Waals surface area contributed by atoms with E-state index in [1.807, 2.05) is 36.4 Å². The summed E-state index contributed by atoms with van der Waals surface area (Å²) >= 11 is 1.23. The first kappa shape index (κ1) is 18.2. The van der Waals surface area contributed by atoms with Gasteiger partial charge in [-0.3, -0.25) is 4.79 Å². The van der Waals surface area contributed by atoms with Crippen molar-refractivity contribution < 1.29 is 19.4 Å². The smallest absolute Gasteiger partial charge is 0.348 e. The number of anilines is 1. The number of aromatic carboxylic acids is 1. The molecule has 142 valence electrons. The number of benzene rings is 1. The van der Waals surface area contributed by atoms with Crippen molar-refractivity contribution in [2.24, 2.45) is 5.92 Å². The van der Waals surface area contributed by atoms with Crippen LogP contribution in [-0.2, 0) is 9.53 Å². The lowest BCUT2D eigenvalue weighted by Crippen LogP contribution is -2.53. The van der Waals surface area contributed by atoms with Crippen LogP contribution in [0.25, 0.3) is 10.4 Å². The number of nitrogens with zero attached hydrogens (tertiary/aromatic N) is 1. The van der Waals surface area contributed by atoms with E-state index < -0.39 is 5.97 Å². The van der Waals surface area contributed by atoms with Crippen molar-refractivity contribution in [1.29, 1.82) is 0 Å². The number of hydrogen-bond acceptors (Lipinski definition) is 4. The van der Waals surface area contributed by atoms with Gasteiger partial charge in [-0.25, -0.2) is 4.79 Å². The van der Waals surface area contributed by atoms with E-state index in [1.54, 1.807) is 4.90 Å². The predicted molar refractivity (Wildman–Crippen MR) is 105 cm³/mol. The summed E-state index contributed by atoms with van der Waals surface area (Å²) in [4.78, 5) is 27.5. The molecule has 27 heavy (non-hydrogen) atoms. The van der Waals surface area contributed by atoms with Gasteiger partial charge < -0.3 is 14.7 Å². The van der Waals surface area contributed by atoms with Gasteiger partial charge in [0.25, 0.3) is 5.91 Å². The number of morpholine rings is 1. The van der Waals surface area contributed by atoms with Gasteiger partial charge in [0, 0.05) is 4.88 Å². The number of ether oxygens (including phenoxy) is 1. The summed E-state index contributed by atoms with van der Waals surface area (Å²) in [5, 5.41) is 9.78. The molecule has 0 radical (unpaired) electrons. The predicted octanol–water partition coefficient (Wildman–Crippen LogP) is 4.43. The SMILES string of the molecule is O=C(O)c1sc(-c2ccccc2)cc1N1C(=O)COCC1C1CCCCC1. The van der Waals surface area contributed by atoms with Crippen LogP contribution in [0.15, 0.2) is 36.4 Å². The number of carboxylic acids is 1. The number of carbonyl (C=O) groups excluding carboxylic acids is 1. The van der Waals surface area contributed by atoms with Gasteiger partial charge in [-0.15, -0.1) is 11.3 Å². The first-order valence-corrected chi connectivity index (χ1v) is 10.3. The molecule has 4 rings (SSSR count). The van der Waals surface area contributed by atoms with E-state index in [0.29, 0.717) is 18.2 Å². The van der Waals surface area contributed by atoms with Crippen LogP contribution in [0.5, 0.6) is 0 Å². The van der Waals surface area contributed by atoms with Crippen LogP contribution in [0.4, 0.5) is 5.69 Å². The second-order valence-corrected chi connectivity index (χ2v) is 8.29. The minimum Gasteiger partial charge on any atom is -0.477 e.